The molecule has 1 aliphatic heterocycles. The van der Waals surface area contributed by atoms with Gasteiger partial charge in [-0.05, 0) is 20.8 Å². The number of hydrogen-bond acceptors (Lipinski definition) is 4. The SMILES string of the molecule is Cc1c(CNCC2CN(C(C)C)CCO2)cnn1C. The second-order valence-electron chi connectivity index (χ2n) is 5.59. The second kappa shape index (κ2) is 6.50. The van der Waals surface area contributed by atoms with E-state index in [0.717, 1.165) is 32.8 Å². The summed E-state index contributed by atoms with van der Waals surface area (Å²) in [4.78, 5) is 2.48. The normalized spacial score (nSPS) is 21.2. The summed E-state index contributed by atoms with van der Waals surface area (Å²) >= 11 is 0. The van der Waals surface area contributed by atoms with Gasteiger partial charge in [-0.1, -0.05) is 0 Å². The Morgan fingerprint density at radius 3 is 2.95 bits per heavy atom. The molecule has 1 aliphatic rings. The number of hydrogen-bond donors (Lipinski definition) is 1. The molecular weight excluding hydrogens is 240 g/mol. The van der Waals surface area contributed by atoms with E-state index in [1.165, 1.54) is 11.3 Å². The van der Waals surface area contributed by atoms with E-state index in [9.17, 15) is 0 Å². The van der Waals surface area contributed by atoms with Crippen LogP contribution in [0.5, 0.6) is 0 Å². The number of rotatable bonds is 5. The maximum absolute atomic E-state index is 5.81. The van der Waals surface area contributed by atoms with Crippen molar-refractivity contribution in [2.45, 2.75) is 39.5 Å². The summed E-state index contributed by atoms with van der Waals surface area (Å²) < 4.78 is 7.72. The van der Waals surface area contributed by atoms with E-state index in [2.05, 4.69) is 36.1 Å². The quantitative estimate of drug-likeness (QED) is 0.861. The van der Waals surface area contributed by atoms with E-state index in [4.69, 9.17) is 4.74 Å². The largest absolute Gasteiger partial charge is 0.374 e. The predicted octanol–water partition coefficient (Wildman–Crippen LogP) is 0.927. The third kappa shape index (κ3) is 3.78. The summed E-state index contributed by atoms with van der Waals surface area (Å²) in [6, 6.07) is 0.604. The highest BCUT2D eigenvalue weighted by atomic mass is 16.5. The number of morpholine rings is 1. The first-order chi connectivity index (χ1) is 9.08. The molecule has 19 heavy (non-hydrogen) atoms. The van der Waals surface area contributed by atoms with Gasteiger partial charge in [0.2, 0.25) is 0 Å². The zero-order valence-corrected chi connectivity index (χ0v) is 12.5. The first-order valence-electron chi connectivity index (χ1n) is 7.11. The van der Waals surface area contributed by atoms with Crippen LogP contribution in [0.1, 0.15) is 25.1 Å². The van der Waals surface area contributed by atoms with E-state index < -0.39 is 0 Å². The van der Waals surface area contributed by atoms with Gasteiger partial charge >= 0.3 is 0 Å². The van der Waals surface area contributed by atoms with Crippen LogP contribution in [-0.2, 0) is 18.3 Å². The molecule has 0 amide bonds. The van der Waals surface area contributed by atoms with Crippen LogP contribution in [0.2, 0.25) is 0 Å². The fourth-order valence-electron chi connectivity index (χ4n) is 2.42. The fourth-order valence-corrected chi connectivity index (χ4v) is 2.42. The molecule has 2 rings (SSSR count). The van der Waals surface area contributed by atoms with Crippen molar-refractivity contribution in [3.8, 4) is 0 Å². The standard InChI is InChI=1S/C14H26N4O/c1-11(2)18-5-6-19-14(10-18)9-15-7-13-8-16-17(4)12(13)3/h8,11,14-15H,5-7,9-10H2,1-4H3. The van der Waals surface area contributed by atoms with Crippen molar-refractivity contribution in [1.82, 2.24) is 20.0 Å². The molecule has 108 valence electrons. The Morgan fingerprint density at radius 2 is 2.32 bits per heavy atom. The molecule has 1 aromatic heterocycles. The Hall–Kier alpha value is -0.910. The number of nitrogens with zero attached hydrogens (tertiary/aromatic N) is 3. The molecule has 0 radical (unpaired) electrons. The molecule has 5 heteroatoms. The van der Waals surface area contributed by atoms with Gasteiger partial charge in [0.25, 0.3) is 0 Å². The van der Waals surface area contributed by atoms with Crippen molar-refractivity contribution >= 4 is 0 Å². The van der Waals surface area contributed by atoms with Crippen molar-refractivity contribution in [3.05, 3.63) is 17.5 Å². The molecule has 0 bridgehead atoms. The molecule has 5 nitrogen and oxygen atoms in total. The van der Waals surface area contributed by atoms with E-state index in [-0.39, 0.29) is 0 Å². The van der Waals surface area contributed by atoms with Gasteiger partial charge in [-0.15, -0.1) is 0 Å². The molecule has 2 heterocycles. The lowest BCUT2D eigenvalue weighted by molar-refractivity contribution is -0.0372. The van der Waals surface area contributed by atoms with Gasteiger partial charge < -0.3 is 10.1 Å². The lowest BCUT2D eigenvalue weighted by Crippen LogP contribution is -2.48. The number of aryl methyl sites for hydroxylation is 1. The summed E-state index contributed by atoms with van der Waals surface area (Å²) in [5.41, 5.74) is 2.49. The van der Waals surface area contributed by atoms with Crippen molar-refractivity contribution in [2.75, 3.05) is 26.2 Å². The zero-order chi connectivity index (χ0) is 13.8. The lowest BCUT2D eigenvalue weighted by atomic mass is 10.2. The molecule has 1 N–H and O–H groups in total. The molecule has 1 atom stereocenters. The number of nitrogens with one attached hydrogen (secondary N) is 1. The summed E-state index contributed by atoms with van der Waals surface area (Å²) in [5.74, 6) is 0. The molecule has 1 aromatic rings. The van der Waals surface area contributed by atoms with Gasteiger partial charge in [-0.3, -0.25) is 9.58 Å². The van der Waals surface area contributed by atoms with E-state index in [0.29, 0.717) is 12.1 Å². The van der Waals surface area contributed by atoms with Crippen molar-refractivity contribution in [3.63, 3.8) is 0 Å². The molecular formula is C14H26N4O. The van der Waals surface area contributed by atoms with Gasteiger partial charge in [0, 0.05) is 50.5 Å². The van der Waals surface area contributed by atoms with Crippen LogP contribution < -0.4 is 5.32 Å². The summed E-state index contributed by atoms with van der Waals surface area (Å²) in [5, 5.41) is 7.73. The Labute approximate surface area is 115 Å². The first-order valence-corrected chi connectivity index (χ1v) is 7.11. The number of ether oxygens (including phenoxy) is 1. The maximum atomic E-state index is 5.81. The van der Waals surface area contributed by atoms with Gasteiger partial charge in [0.1, 0.15) is 0 Å². The summed E-state index contributed by atoms with van der Waals surface area (Å²) in [7, 11) is 1.98. The molecule has 0 aromatic carbocycles. The second-order valence-corrected chi connectivity index (χ2v) is 5.59. The molecule has 0 aliphatic carbocycles. The van der Waals surface area contributed by atoms with Crippen LogP contribution in [0.3, 0.4) is 0 Å². The van der Waals surface area contributed by atoms with Crippen LogP contribution in [0, 0.1) is 6.92 Å². The van der Waals surface area contributed by atoms with Gasteiger partial charge in [-0.25, -0.2) is 0 Å². The smallest absolute Gasteiger partial charge is 0.0826 e. The Morgan fingerprint density at radius 1 is 1.53 bits per heavy atom. The molecule has 1 fully saturated rings. The highest BCUT2D eigenvalue weighted by Gasteiger charge is 2.21. The Kier molecular flexibility index (Phi) is 4.96. The first kappa shape index (κ1) is 14.5. The van der Waals surface area contributed by atoms with Gasteiger partial charge in [0.05, 0.1) is 18.9 Å². The zero-order valence-electron chi connectivity index (χ0n) is 12.5. The monoisotopic (exact) mass is 266 g/mol. The minimum absolute atomic E-state index is 0.299. The van der Waals surface area contributed by atoms with Crippen LogP contribution in [-0.4, -0.2) is 53.1 Å². The number of aromatic nitrogens is 2. The highest BCUT2D eigenvalue weighted by molar-refractivity contribution is 5.15. The molecule has 1 saturated heterocycles. The minimum atomic E-state index is 0.299. The average Bonchev–Trinajstić information content (AvgIpc) is 2.71. The Bertz CT molecular complexity index is 402. The van der Waals surface area contributed by atoms with Gasteiger partial charge in [-0.2, -0.15) is 5.10 Å². The van der Waals surface area contributed by atoms with Crippen molar-refractivity contribution < 1.29 is 4.74 Å². The predicted molar refractivity (Wildman–Crippen MR) is 76.1 cm³/mol. The van der Waals surface area contributed by atoms with Gasteiger partial charge in [0.15, 0.2) is 0 Å². The highest BCUT2D eigenvalue weighted by Crippen LogP contribution is 2.09. The average molecular weight is 266 g/mol. The summed E-state index contributed by atoms with van der Waals surface area (Å²) in [6.45, 7) is 11.3. The van der Waals surface area contributed by atoms with Crippen LogP contribution in [0.25, 0.3) is 0 Å². The van der Waals surface area contributed by atoms with Crippen LogP contribution in [0.4, 0.5) is 0 Å². The fraction of sp³-hybridized carbons (Fsp3) is 0.786. The van der Waals surface area contributed by atoms with Crippen LogP contribution >= 0.6 is 0 Å². The topological polar surface area (TPSA) is 42.3 Å². The van der Waals surface area contributed by atoms with E-state index in [1.54, 1.807) is 0 Å². The Balaban J connectivity index is 1.75. The minimum Gasteiger partial charge on any atom is -0.374 e. The van der Waals surface area contributed by atoms with Crippen LogP contribution in [0.15, 0.2) is 6.20 Å². The van der Waals surface area contributed by atoms with Crippen molar-refractivity contribution in [1.29, 1.82) is 0 Å². The molecule has 0 saturated carbocycles. The summed E-state index contributed by atoms with van der Waals surface area (Å²) in [6.07, 6.45) is 2.23. The van der Waals surface area contributed by atoms with E-state index in [1.807, 2.05) is 17.9 Å². The maximum Gasteiger partial charge on any atom is 0.0826 e. The molecule has 1 unspecified atom stereocenters. The third-order valence-corrected chi connectivity index (χ3v) is 3.92. The third-order valence-electron chi connectivity index (χ3n) is 3.92. The lowest BCUT2D eigenvalue weighted by Gasteiger charge is -2.35. The molecule has 0 spiro atoms. The van der Waals surface area contributed by atoms with Crippen molar-refractivity contribution in [2.24, 2.45) is 7.05 Å². The van der Waals surface area contributed by atoms with E-state index >= 15 is 0 Å².